The monoisotopic (exact) mass is 202 g/mol. The summed E-state index contributed by atoms with van der Waals surface area (Å²) in [5.41, 5.74) is 5.97. The zero-order chi connectivity index (χ0) is 10.1. The summed E-state index contributed by atoms with van der Waals surface area (Å²) >= 11 is 1.85. The molecule has 0 radical (unpaired) electrons. The van der Waals surface area contributed by atoms with Crippen LogP contribution in [-0.4, -0.2) is 0 Å². The lowest BCUT2D eigenvalue weighted by molar-refractivity contribution is 0.818. The fourth-order valence-corrected chi connectivity index (χ4v) is 2.51. The number of benzene rings is 1. The van der Waals surface area contributed by atoms with Crippen LogP contribution in [0, 0.1) is 12.8 Å². The average Bonchev–Trinajstić information content (AvgIpc) is 2.16. The first-order valence-corrected chi connectivity index (χ1v) is 5.73. The fraction of sp³-hybridized carbons (Fsp3) is 0.308. The first kappa shape index (κ1) is 9.64. The number of hydrogen-bond donors (Lipinski definition) is 0. The molecule has 0 bridgehead atoms. The maximum atomic E-state index is 3.35. The van der Waals surface area contributed by atoms with E-state index in [4.69, 9.17) is 0 Å². The molecule has 0 aromatic heterocycles. The van der Waals surface area contributed by atoms with Gasteiger partial charge in [0.1, 0.15) is 0 Å². The largest absolute Gasteiger partial charge is 0.109 e. The van der Waals surface area contributed by atoms with Crippen LogP contribution in [0.4, 0.5) is 0 Å². The van der Waals surface area contributed by atoms with Gasteiger partial charge in [0.15, 0.2) is 0 Å². The van der Waals surface area contributed by atoms with Crippen LogP contribution in [0.3, 0.4) is 0 Å². The Morgan fingerprint density at radius 1 is 1.29 bits per heavy atom. The van der Waals surface area contributed by atoms with Crippen LogP contribution in [-0.2, 0) is 0 Å². The van der Waals surface area contributed by atoms with Crippen LogP contribution < -0.4 is 0 Å². The van der Waals surface area contributed by atoms with Crippen molar-refractivity contribution >= 4 is 17.8 Å². The van der Waals surface area contributed by atoms with Gasteiger partial charge in [-0.2, -0.15) is 0 Å². The van der Waals surface area contributed by atoms with Gasteiger partial charge in [-0.1, -0.05) is 37.7 Å². The number of thioether (sulfide) groups is 1. The van der Waals surface area contributed by atoms with E-state index in [2.05, 4.69) is 50.8 Å². The van der Waals surface area contributed by atoms with Crippen LogP contribution in [0.2, 0.25) is 0 Å². The minimum absolute atomic E-state index is 0.574. The predicted molar refractivity (Wildman–Crippen MR) is 63.4 cm³/mol. The van der Waals surface area contributed by atoms with Crippen molar-refractivity contribution < 1.29 is 0 Å². The Hall–Kier alpha value is -0.910. The normalized spacial score (nSPS) is 14.1. The molecule has 0 nitrogen and oxygen atoms in total. The molecule has 0 N–H and O–H groups in total. The van der Waals surface area contributed by atoms with E-state index in [0.29, 0.717) is 5.92 Å². The van der Waals surface area contributed by atoms with E-state index in [-0.39, 0.29) is 0 Å². The maximum Gasteiger partial charge on any atom is 0.0341 e. The van der Waals surface area contributed by atoms with Gasteiger partial charge in [-0.05, 0) is 36.1 Å². The van der Waals surface area contributed by atoms with Crippen LogP contribution >= 0.6 is 11.8 Å². The second-order valence-corrected chi connectivity index (χ2v) is 5.03. The molecule has 0 aliphatic carbocycles. The highest BCUT2D eigenvalue weighted by molar-refractivity contribution is 8.03. The van der Waals surface area contributed by atoms with Crippen LogP contribution in [0.25, 0.3) is 6.08 Å². The smallest absolute Gasteiger partial charge is 0.0341 e. The van der Waals surface area contributed by atoms with Crippen LogP contribution in [0.5, 0.6) is 0 Å². The van der Waals surface area contributed by atoms with Gasteiger partial charge in [-0.15, -0.1) is 5.73 Å². The highest BCUT2D eigenvalue weighted by atomic mass is 32.2. The molecule has 1 aromatic rings. The second kappa shape index (κ2) is 3.68. The minimum atomic E-state index is 0.574. The fourth-order valence-electron chi connectivity index (χ4n) is 1.43. The lowest BCUT2D eigenvalue weighted by Gasteiger charge is -2.14. The Morgan fingerprint density at radius 2 is 2.07 bits per heavy atom. The van der Waals surface area contributed by atoms with Crippen molar-refractivity contribution in [2.24, 2.45) is 5.92 Å². The summed E-state index contributed by atoms with van der Waals surface area (Å²) < 4.78 is 0. The number of fused-ring (bicyclic) bond motifs is 1. The first-order valence-electron chi connectivity index (χ1n) is 4.92. The summed E-state index contributed by atoms with van der Waals surface area (Å²) in [7, 11) is 0. The molecule has 0 amide bonds. The highest BCUT2D eigenvalue weighted by Gasteiger charge is 2.11. The zero-order valence-electron chi connectivity index (χ0n) is 8.79. The molecule has 1 aliphatic rings. The first-order chi connectivity index (χ1) is 6.66. The molecule has 1 heteroatoms. The molecule has 72 valence electrons. The van der Waals surface area contributed by atoms with Crippen LogP contribution in [0.1, 0.15) is 25.0 Å². The highest BCUT2D eigenvalue weighted by Crippen LogP contribution is 2.37. The predicted octanol–water partition coefficient (Wildman–Crippen LogP) is 4.25. The lowest BCUT2D eigenvalue weighted by Crippen LogP contribution is -1.93. The number of hydrogen-bond acceptors (Lipinski definition) is 1. The van der Waals surface area contributed by atoms with E-state index in [0.717, 1.165) is 0 Å². The van der Waals surface area contributed by atoms with E-state index in [1.54, 1.807) is 0 Å². The van der Waals surface area contributed by atoms with E-state index in [1.807, 2.05) is 11.8 Å². The van der Waals surface area contributed by atoms with Crippen molar-refractivity contribution in [1.82, 2.24) is 0 Å². The van der Waals surface area contributed by atoms with Crippen molar-refractivity contribution in [2.75, 3.05) is 0 Å². The zero-order valence-corrected chi connectivity index (χ0v) is 9.61. The molecule has 0 saturated carbocycles. The van der Waals surface area contributed by atoms with Gasteiger partial charge < -0.3 is 0 Å². The van der Waals surface area contributed by atoms with Crippen molar-refractivity contribution in [1.29, 1.82) is 0 Å². The molecule has 0 spiro atoms. The van der Waals surface area contributed by atoms with Crippen molar-refractivity contribution in [3.05, 3.63) is 40.0 Å². The SMILES string of the molecule is Cc1ccc2c(c1)SC(C(C)C)=C=C2. The summed E-state index contributed by atoms with van der Waals surface area (Å²) in [4.78, 5) is 2.70. The standard InChI is InChI=1S/C13H14S/c1-9(2)12-7-6-11-5-4-10(3)8-13(11)14-12/h4-6,8-9H,1-3H3. The molecule has 14 heavy (non-hydrogen) atoms. The van der Waals surface area contributed by atoms with Crippen molar-refractivity contribution in [3.8, 4) is 0 Å². The van der Waals surface area contributed by atoms with Crippen LogP contribution in [0.15, 0.2) is 33.7 Å². The van der Waals surface area contributed by atoms with Crippen molar-refractivity contribution in [2.45, 2.75) is 25.7 Å². The van der Waals surface area contributed by atoms with Gasteiger partial charge in [-0.25, -0.2) is 0 Å². The molecule has 1 aromatic carbocycles. The lowest BCUT2D eigenvalue weighted by atomic mass is 10.1. The van der Waals surface area contributed by atoms with E-state index < -0.39 is 0 Å². The molecular formula is C13H14S. The molecule has 2 rings (SSSR count). The Bertz CT molecular complexity index is 421. The third kappa shape index (κ3) is 1.79. The summed E-state index contributed by atoms with van der Waals surface area (Å²) in [6.45, 7) is 6.56. The summed E-state index contributed by atoms with van der Waals surface area (Å²) in [6.07, 6.45) is 2.10. The Balaban J connectivity index is 2.44. The Morgan fingerprint density at radius 3 is 2.79 bits per heavy atom. The number of allylic oxidation sites excluding steroid dienone is 1. The average molecular weight is 202 g/mol. The quantitative estimate of drug-likeness (QED) is 0.613. The maximum absolute atomic E-state index is 3.35. The van der Waals surface area contributed by atoms with Gasteiger partial charge in [-0.3, -0.25) is 0 Å². The minimum Gasteiger partial charge on any atom is -0.109 e. The topological polar surface area (TPSA) is 0 Å². The summed E-state index contributed by atoms with van der Waals surface area (Å²) in [6, 6.07) is 6.57. The number of aryl methyl sites for hydroxylation is 1. The van der Waals surface area contributed by atoms with Gasteiger partial charge in [0.05, 0.1) is 0 Å². The second-order valence-electron chi connectivity index (χ2n) is 3.95. The van der Waals surface area contributed by atoms with Gasteiger partial charge in [0.2, 0.25) is 0 Å². The van der Waals surface area contributed by atoms with E-state index >= 15 is 0 Å². The molecule has 0 fully saturated rings. The number of rotatable bonds is 1. The Labute approximate surface area is 89.7 Å². The molecule has 1 heterocycles. The third-order valence-corrected chi connectivity index (χ3v) is 3.67. The van der Waals surface area contributed by atoms with E-state index in [1.165, 1.54) is 20.9 Å². The van der Waals surface area contributed by atoms with Crippen molar-refractivity contribution in [3.63, 3.8) is 0 Å². The molecular weight excluding hydrogens is 188 g/mol. The van der Waals surface area contributed by atoms with Gasteiger partial charge in [0.25, 0.3) is 0 Å². The summed E-state index contributed by atoms with van der Waals surface area (Å²) in [5, 5.41) is 0. The van der Waals surface area contributed by atoms with Gasteiger partial charge in [0, 0.05) is 9.80 Å². The summed E-state index contributed by atoms with van der Waals surface area (Å²) in [5.74, 6) is 0.574. The van der Waals surface area contributed by atoms with E-state index in [9.17, 15) is 0 Å². The molecule has 1 aliphatic heterocycles. The third-order valence-electron chi connectivity index (χ3n) is 2.28. The molecule has 0 unspecified atom stereocenters. The Kier molecular flexibility index (Phi) is 2.54. The van der Waals surface area contributed by atoms with Gasteiger partial charge >= 0.3 is 0 Å². The molecule has 0 saturated heterocycles. The molecule has 0 atom stereocenters.